The zero-order valence-corrected chi connectivity index (χ0v) is 64.7. The van der Waals surface area contributed by atoms with Crippen LogP contribution in [0.3, 0.4) is 0 Å². The third-order valence-electron chi connectivity index (χ3n) is 19.2. The molecule has 0 saturated heterocycles. The van der Waals surface area contributed by atoms with Gasteiger partial charge < -0.3 is 26.7 Å². The molecule has 38 heteroatoms. The third kappa shape index (κ3) is 14.4. The van der Waals surface area contributed by atoms with E-state index in [1.807, 2.05) is 26.8 Å². The van der Waals surface area contributed by atoms with Gasteiger partial charge in [0.15, 0.2) is 28.5 Å². The Balaban J connectivity index is 0.000000133. The number of anilines is 3. The molecule has 4 aromatic carbocycles. The van der Waals surface area contributed by atoms with Crippen LogP contribution in [0.2, 0.25) is 0 Å². The number of methoxy groups -OCH3 is 1. The second kappa shape index (κ2) is 31.2. The first kappa shape index (κ1) is 77.8. The van der Waals surface area contributed by atoms with Crippen molar-refractivity contribution in [3.8, 4) is 82.8 Å². The van der Waals surface area contributed by atoms with E-state index in [1.54, 1.807) is 60.7 Å². The number of hydrogen-bond donors (Lipinski definition) is 3. The number of benzene rings is 4. The number of nitrogens with two attached hydrogens (primary N) is 3. The molecule has 0 fully saturated rings. The van der Waals surface area contributed by atoms with E-state index in [0.717, 1.165) is 47.7 Å². The van der Waals surface area contributed by atoms with E-state index < -0.39 is 75.5 Å². The van der Waals surface area contributed by atoms with E-state index >= 15 is 0 Å². The van der Waals surface area contributed by atoms with Crippen LogP contribution in [0.25, 0.3) is 116 Å². The summed E-state index contributed by atoms with van der Waals surface area (Å²) in [5.74, 6) is -4.02. The van der Waals surface area contributed by atoms with Crippen LogP contribution in [0.15, 0.2) is 186 Å². The molecule has 0 aliphatic rings. The molecule has 6 N–H and O–H groups in total. The number of aromatic nitrogens is 20. The Morgan fingerprint density at radius 3 is 1.18 bits per heavy atom. The standard InChI is InChI=1S/C29H19F3N8O2.C27H22F2N8O2S.C25H18F2N8OS/c1-14(24-22(15-4-3-5-18(30)9-15)29(41)39-12-19(31)6-7-21(39)37-24)40-28-23(27(34)35-13-36-28)25(38-40)16-8-17(11-33)26(42-2)20(32)10-16;1-13(2)39-27-31-10-18(40-27)23-21-24(30)32-12-33-25(21)37(35-23)14(3)22-20(15-5-4-6-16(28)9-15)26(38)36-11-17(29)7-8-19(36)34-22;1-12(35-24-20(23(28)30-11-31-24)22(33-35)17-9-29-13(2)37-17)21-19(14-4-3-5-15(26)8-14)25(36)34-10-16(27)6-7-18(34)32-21/h3-10,12-14H,1-2H3,(H2,34,35,36);4-14H,1-3H3,(H2,30,32,33);3-12H,1-2H3,(H2,28,30,31). The number of ether oxygens (including phenoxy) is 2. The van der Waals surface area contributed by atoms with Gasteiger partial charge in [-0.3, -0.25) is 27.6 Å². The van der Waals surface area contributed by atoms with Crippen LogP contribution in [0.4, 0.5) is 48.2 Å². The molecule has 0 aliphatic carbocycles. The average Bonchev–Trinajstić information content (AvgIpc) is 1.72. The van der Waals surface area contributed by atoms with Crippen LogP contribution in [-0.4, -0.2) is 111 Å². The van der Waals surface area contributed by atoms with Gasteiger partial charge in [0.1, 0.15) is 111 Å². The summed E-state index contributed by atoms with van der Waals surface area (Å²) in [5, 5.41) is 26.5. The number of nitrogens with zero attached hydrogens (tertiary/aromatic N) is 21. The molecule has 18 aromatic rings. The number of rotatable bonds is 15. The first-order valence-electron chi connectivity index (χ1n) is 36.0. The highest BCUT2D eigenvalue weighted by atomic mass is 32.1. The number of aryl methyl sites for hydroxylation is 1. The zero-order valence-electron chi connectivity index (χ0n) is 63.1. The number of nitrogen functional groups attached to an aromatic ring is 3. The monoisotopic (exact) mass is 1640 g/mol. The smallest absolute Gasteiger partial charge is 0.274 e. The average molecular weight is 1650 g/mol. The van der Waals surface area contributed by atoms with Crippen LogP contribution >= 0.6 is 22.7 Å². The molecule has 14 heterocycles. The number of hydrogen-bond acceptors (Lipinski definition) is 25. The molecule has 0 saturated carbocycles. The fourth-order valence-corrected chi connectivity index (χ4v) is 15.5. The van der Waals surface area contributed by atoms with Crippen molar-refractivity contribution in [1.29, 1.82) is 5.26 Å². The Kier molecular flexibility index (Phi) is 20.4. The molecule has 119 heavy (non-hydrogen) atoms. The van der Waals surface area contributed by atoms with Crippen LogP contribution in [0.1, 0.15) is 80.4 Å². The first-order chi connectivity index (χ1) is 57.2. The Morgan fingerprint density at radius 2 is 0.824 bits per heavy atom. The fraction of sp³-hybridized carbons (Fsp3) is 0.136. The van der Waals surface area contributed by atoms with Crippen LogP contribution in [0, 0.1) is 59.0 Å². The van der Waals surface area contributed by atoms with Crippen molar-refractivity contribution in [3.05, 3.63) is 271 Å². The number of fused-ring (bicyclic) bond motifs is 6. The second-order valence-electron chi connectivity index (χ2n) is 27.1. The Hall–Kier alpha value is -15.1. The maximum absolute atomic E-state index is 14.9. The fourth-order valence-electron chi connectivity index (χ4n) is 13.8. The van der Waals surface area contributed by atoms with Crippen molar-refractivity contribution in [2.45, 2.75) is 65.8 Å². The van der Waals surface area contributed by atoms with E-state index in [2.05, 4.69) is 50.0 Å². The van der Waals surface area contributed by atoms with E-state index in [4.69, 9.17) is 46.8 Å². The van der Waals surface area contributed by atoms with Crippen LogP contribution in [-0.2, 0) is 0 Å². The van der Waals surface area contributed by atoms with Crippen molar-refractivity contribution in [2.75, 3.05) is 24.3 Å². The maximum atomic E-state index is 14.9. The van der Waals surface area contributed by atoms with Crippen LogP contribution in [0.5, 0.6) is 10.9 Å². The van der Waals surface area contributed by atoms with Crippen LogP contribution < -0.4 is 43.4 Å². The van der Waals surface area contributed by atoms with Gasteiger partial charge in [-0.05, 0) is 143 Å². The third-order valence-corrected chi connectivity index (χ3v) is 21.0. The van der Waals surface area contributed by atoms with Crippen molar-refractivity contribution in [3.63, 3.8) is 0 Å². The highest BCUT2D eigenvalue weighted by molar-refractivity contribution is 7.17. The summed E-state index contributed by atoms with van der Waals surface area (Å²) in [6.45, 7) is 11.0. The minimum Gasteiger partial charge on any atom is -0.492 e. The maximum Gasteiger partial charge on any atom is 0.274 e. The molecule has 14 aromatic heterocycles. The summed E-state index contributed by atoms with van der Waals surface area (Å²) < 4.78 is 119. The van der Waals surface area contributed by atoms with Gasteiger partial charge in [-0.15, -0.1) is 11.3 Å². The second-order valence-corrected chi connectivity index (χ2v) is 29.3. The topological polar surface area (TPSA) is 380 Å². The van der Waals surface area contributed by atoms with Gasteiger partial charge in [-0.25, -0.2) is 99.6 Å². The Labute approximate surface area is 673 Å². The zero-order chi connectivity index (χ0) is 83.7. The highest BCUT2D eigenvalue weighted by Crippen LogP contribution is 2.42. The van der Waals surface area contributed by atoms with E-state index in [9.17, 15) is 50.4 Å². The van der Waals surface area contributed by atoms with Crippen molar-refractivity contribution < 1.29 is 40.2 Å². The molecule has 0 radical (unpaired) electrons. The van der Waals surface area contributed by atoms with Gasteiger partial charge in [0.05, 0.1) is 108 Å². The summed E-state index contributed by atoms with van der Waals surface area (Å²) in [5.41, 5.74) is 21.9. The van der Waals surface area contributed by atoms with Gasteiger partial charge in [-0.1, -0.05) is 47.7 Å². The van der Waals surface area contributed by atoms with Gasteiger partial charge in [-0.2, -0.15) is 20.6 Å². The minimum absolute atomic E-state index is 0.0135. The Bertz CT molecular complexity index is 7380. The van der Waals surface area contributed by atoms with Gasteiger partial charge in [0.2, 0.25) is 0 Å². The van der Waals surface area contributed by atoms with Crippen molar-refractivity contribution >= 4 is 90.2 Å². The summed E-state index contributed by atoms with van der Waals surface area (Å²) in [6, 6.07) is 26.7. The highest BCUT2D eigenvalue weighted by Gasteiger charge is 2.32. The predicted octanol–water partition coefficient (Wildman–Crippen LogP) is 13.9. The SMILES string of the molecule is CC(C)Oc1ncc(-c2nn(C(C)c3nc4ccc(F)cn4c(=O)c3-c3cccc(F)c3)c3ncnc(N)c23)s1.COc1c(F)cc(-c2nn(C(C)c3nc4ccc(F)cn4c(=O)c3-c3cccc(F)c3)c3ncnc(N)c23)cc1C#N.Cc1ncc(-c2nn(C(C)c3nc4ccc(F)cn4c(=O)c3-c3cccc(F)c3)c3ncnc(N)c23)s1. The molecular formula is C81H59F7N24O5S2. The summed E-state index contributed by atoms with van der Waals surface area (Å²) >= 11 is 2.75. The summed E-state index contributed by atoms with van der Waals surface area (Å²) in [4.78, 5) is 90.9. The van der Waals surface area contributed by atoms with Gasteiger partial charge >= 0.3 is 0 Å². The molecule has 3 unspecified atom stereocenters. The molecule has 3 atom stereocenters. The molecule has 29 nitrogen and oxygen atoms in total. The summed E-state index contributed by atoms with van der Waals surface area (Å²) in [6.07, 6.45) is 10.3. The molecule has 0 aliphatic heterocycles. The molecule has 18 rings (SSSR count). The summed E-state index contributed by atoms with van der Waals surface area (Å²) in [7, 11) is 1.25. The first-order valence-corrected chi connectivity index (χ1v) is 37.6. The number of nitriles is 1. The van der Waals surface area contributed by atoms with E-state index in [0.29, 0.717) is 66.0 Å². The predicted molar refractivity (Wildman–Crippen MR) is 430 cm³/mol. The lowest BCUT2D eigenvalue weighted by molar-refractivity contribution is 0.241. The lowest BCUT2D eigenvalue weighted by Gasteiger charge is -2.18. The lowest BCUT2D eigenvalue weighted by atomic mass is 10.0. The van der Waals surface area contributed by atoms with Crippen molar-refractivity contribution in [2.24, 2.45) is 0 Å². The molecule has 0 spiro atoms. The molecule has 0 amide bonds. The number of pyridine rings is 3. The van der Waals surface area contributed by atoms with Gasteiger partial charge in [0.25, 0.3) is 21.9 Å². The number of halogens is 7. The largest absolute Gasteiger partial charge is 0.492 e. The van der Waals surface area contributed by atoms with Crippen molar-refractivity contribution in [1.82, 2.24) is 97.4 Å². The minimum atomic E-state index is -0.838. The molecule has 594 valence electrons. The normalized spacial score (nSPS) is 12.3. The molecular weight excluding hydrogens is 1590 g/mol. The van der Waals surface area contributed by atoms with E-state index in [-0.39, 0.29) is 102 Å². The molecule has 0 bridgehead atoms. The van der Waals surface area contributed by atoms with E-state index in [1.165, 1.54) is 151 Å². The van der Waals surface area contributed by atoms with Gasteiger partial charge in [0, 0.05) is 30.4 Å². The quantitative estimate of drug-likeness (QED) is 0.0802. The number of thiazole rings is 2. The lowest BCUT2D eigenvalue weighted by Crippen LogP contribution is -2.23. The Morgan fingerprint density at radius 1 is 0.445 bits per heavy atom.